The molecule has 5 rings (SSSR count). The van der Waals surface area contributed by atoms with E-state index in [1.807, 2.05) is 35.2 Å². The van der Waals surface area contributed by atoms with Crippen molar-refractivity contribution in [2.24, 2.45) is 0 Å². The highest BCUT2D eigenvalue weighted by atomic mass is 16.5. The van der Waals surface area contributed by atoms with Crippen LogP contribution in [0.25, 0.3) is 22.1 Å². The van der Waals surface area contributed by atoms with Crippen LogP contribution in [-0.2, 0) is 19.0 Å². The fourth-order valence-electron chi connectivity index (χ4n) is 4.63. The second-order valence-corrected chi connectivity index (χ2v) is 9.22. The van der Waals surface area contributed by atoms with Crippen LogP contribution in [0.3, 0.4) is 0 Å². The average Bonchev–Trinajstić information content (AvgIpc) is 2.95. The Morgan fingerprint density at radius 2 is 1.74 bits per heavy atom. The van der Waals surface area contributed by atoms with Crippen LogP contribution in [0.1, 0.15) is 0 Å². The minimum Gasteiger partial charge on any atom is -0.489 e. The van der Waals surface area contributed by atoms with Gasteiger partial charge in [0.25, 0.3) is 0 Å². The van der Waals surface area contributed by atoms with Crippen molar-refractivity contribution in [1.29, 1.82) is 0 Å². The molecule has 2 saturated heterocycles. The SMILES string of the molecule is COCCOc1cc(-c2cccc3c(=O)cc(N4CCOCC4)oc23)ccc1NC(=O)CN1CCOCC1. The number of hydrogen-bond donors (Lipinski definition) is 1. The van der Waals surface area contributed by atoms with E-state index in [0.29, 0.717) is 81.0 Å². The summed E-state index contributed by atoms with van der Waals surface area (Å²) < 4.78 is 28.3. The first-order valence-corrected chi connectivity index (χ1v) is 12.9. The van der Waals surface area contributed by atoms with E-state index in [1.165, 1.54) is 0 Å². The number of anilines is 2. The molecule has 10 heteroatoms. The lowest BCUT2D eigenvalue weighted by atomic mass is 10.0. The van der Waals surface area contributed by atoms with E-state index >= 15 is 0 Å². The molecular formula is C28H33N3O7. The second kappa shape index (κ2) is 12.4. The zero-order valence-electron chi connectivity index (χ0n) is 21.6. The lowest BCUT2D eigenvalue weighted by Crippen LogP contribution is -2.41. The predicted molar refractivity (Wildman–Crippen MR) is 144 cm³/mol. The van der Waals surface area contributed by atoms with Gasteiger partial charge in [0.15, 0.2) is 11.3 Å². The molecular weight excluding hydrogens is 490 g/mol. The highest BCUT2D eigenvalue weighted by Gasteiger charge is 2.19. The molecule has 0 radical (unpaired) electrons. The topological polar surface area (TPSA) is 103 Å². The van der Waals surface area contributed by atoms with Crippen LogP contribution in [0.2, 0.25) is 0 Å². The molecule has 10 nitrogen and oxygen atoms in total. The monoisotopic (exact) mass is 523 g/mol. The first kappa shape index (κ1) is 26.2. The summed E-state index contributed by atoms with van der Waals surface area (Å²) in [6.45, 7) is 6.19. The molecule has 1 amide bonds. The first-order valence-electron chi connectivity index (χ1n) is 12.9. The zero-order valence-corrected chi connectivity index (χ0v) is 21.6. The summed E-state index contributed by atoms with van der Waals surface area (Å²) in [7, 11) is 1.61. The van der Waals surface area contributed by atoms with Crippen molar-refractivity contribution in [3.8, 4) is 16.9 Å². The van der Waals surface area contributed by atoms with Crippen LogP contribution in [0.15, 0.2) is 51.7 Å². The number of fused-ring (bicyclic) bond motifs is 1. The van der Waals surface area contributed by atoms with Crippen LogP contribution in [0.5, 0.6) is 5.75 Å². The molecule has 1 aromatic heterocycles. The molecule has 0 aliphatic carbocycles. The molecule has 0 saturated carbocycles. The Labute approximate surface area is 221 Å². The molecule has 1 N–H and O–H groups in total. The number of methoxy groups -OCH3 is 1. The Kier molecular flexibility index (Phi) is 8.54. The maximum Gasteiger partial charge on any atom is 0.238 e. The van der Waals surface area contributed by atoms with Gasteiger partial charge in [-0.15, -0.1) is 0 Å². The molecule has 0 unspecified atom stereocenters. The normalized spacial score (nSPS) is 16.5. The highest BCUT2D eigenvalue weighted by Crippen LogP contribution is 2.35. The zero-order chi connectivity index (χ0) is 26.3. The van der Waals surface area contributed by atoms with Gasteiger partial charge in [0.05, 0.1) is 50.7 Å². The number of para-hydroxylation sites is 1. The molecule has 2 aliphatic rings. The van der Waals surface area contributed by atoms with Crippen molar-refractivity contribution in [1.82, 2.24) is 4.90 Å². The molecule has 3 aromatic rings. The molecule has 0 bridgehead atoms. The number of amides is 1. The number of rotatable bonds is 9. The third-order valence-electron chi connectivity index (χ3n) is 6.65. The number of morpholine rings is 2. The van der Waals surface area contributed by atoms with Crippen molar-refractivity contribution in [2.45, 2.75) is 0 Å². The quantitative estimate of drug-likeness (QED) is 0.424. The Hall–Kier alpha value is -3.44. The summed E-state index contributed by atoms with van der Waals surface area (Å²) in [4.78, 5) is 29.9. The lowest BCUT2D eigenvalue weighted by molar-refractivity contribution is -0.118. The van der Waals surface area contributed by atoms with Crippen LogP contribution in [0.4, 0.5) is 11.6 Å². The number of nitrogens with one attached hydrogen (secondary N) is 1. The number of ether oxygens (including phenoxy) is 4. The van der Waals surface area contributed by atoms with Gasteiger partial charge in [-0.3, -0.25) is 14.5 Å². The molecule has 2 aliphatic heterocycles. The van der Waals surface area contributed by atoms with Crippen molar-refractivity contribution < 1.29 is 28.2 Å². The summed E-state index contributed by atoms with van der Waals surface area (Å²) in [6.07, 6.45) is 0. The third-order valence-corrected chi connectivity index (χ3v) is 6.65. The van der Waals surface area contributed by atoms with E-state index in [4.69, 9.17) is 23.4 Å². The van der Waals surface area contributed by atoms with Gasteiger partial charge in [-0.2, -0.15) is 0 Å². The molecule has 3 heterocycles. The predicted octanol–water partition coefficient (Wildman–Crippen LogP) is 2.59. The minimum absolute atomic E-state index is 0.0989. The standard InChI is InChI=1S/C28H33N3O7/c1-34-15-16-37-25-17-20(5-6-23(25)29-26(33)19-30-7-11-35-12-8-30)21-3-2-4-22-24(32)18-27(38-28(21)22)31-9-13-36-14-10-31/h2-6,17-18H,7-16,19H2,1H3,(H,29,33). The van der Waals surface area contributed by atoms with Crippen molar-refractivity contribution in [3.05, 3.63) is 52.7 Å². The highest BCUT2D eigenvalue weighted by molar-refractivity contribution is 5.96. The van der Waals surface area contributed by atoms with Crippen LogP contribution in [0, 0.1) is 0 Å². The number of carbonyl (C=O) groups is 1. The van der Waals surface area contributed by atoms with Crippen LogP contribution in [-0.4, -0.2) is 90.3 Å². The Balaban J connectivity index is 1.46. The number of carbonyl (C=O) groups excluding carboxylic acids is 1. The average molecular weight is 524 g/mol. The number of nitrogens with zero attached hydrogens (tertiary/aromatic N) is 2. The van der Waals surface area contributed by atoms with E-state index in [1.54, 1.807) is 19.2 Å². The van der Waals surface area contributed by atoms with Gasteiger partial charge >= 0.3 is 0 Å². The number of hydrogen-bond acceptors (Lipinski definition) is 9. The Bertz CT molecular complexity index is 1310. The minimum atomic E-state index is -0.123. The van der Waals surface area contributed by atoms with Gasteiger partial charge in [0, 0.05) is 44.9 Å². The molecule has 38 heavy (non-hydrogen) atoms. The Morgan fingerprint density at radius 3 is 2.50 bits per heavy atom. The molecule has 2 aromatic carbocycles. The van der Waals surface area contributed by atoms with Gasteiger partial charge in [0.1, 0.15) is 17.9 Å². The molecule has 2 fully saturated rings. The smallest absolute Gasteiger partial charge is 0.238 e. The molecule has 202 valence electrons. The summed E-state index contributed by atoms with van der Waals surface area (Å²) in [5, 5.41) is 3.49. The Morgan fingerprint density at radius 1 is 0.974 bits per heavy atom. The fraction of sp³-hybridized carbons (Fsp3) is 0.429. The third kappa shape index (κ3) is 6.16. The number of benzene rings is 2. The van der Waals surface area contributed by atoms with E-state index in [-0.39, 0.29) is 17.9 Å². The fourth-order valence-corrected chi connectivity index (χ4v) is 4.63. The van der Waals surface area contributed by atoms with Crippen LogP contribution >= 0.6 is 0 Å². The van der Waals surface area contributed by atoms with E-state index in [2.05, 4.69) is 10.2 Å². The van der Waals surface area contributed by atoms with Gasteiger partial charge in [0.2, 0.25) is 5.91 Å². The maximum absolute atomic E-state index is 13.0. The molecule has 0 spiro atoms. The van der Waals surface area contributed by atoms with Gasteiger partial charge in [-0.25, -0.2) is 0 Å². The maximum atomic E-state index is 13.0. The lowest BCUT2D eigenvalue weighted by Gasteiger charge is -2.27. The van der Waals surface area contributed by atoms with Gasteiger partial charge in [-0.05, 0) is 23.8 Å². The van der Waals surface area contributed by atoms with Crippen molar-refractivity contribution in [3.63, 3.8) is 0 Å². The second-order valence-electron chi connectivity index (χ2n) is 9.22. The van der Waals surface area contributed by atoms with Gasteiger partial charge in [-0.1, -0.05) is 18.2 Å². The summed E-state index contributed by atoms with van der Waals surface area (Å²) in [6, 6.07) is 12.6. The van der Waals surface area contributed by atoms with E-state index in [9.17, 15) is 9.59 Å². The van der Waals surface area contributed by atoms with Gasteiger partial charge < -0.3 is 33.6 Å². The van der Waals surface area contributed by atoms with E-state index in [0.717, 1.165) is 24.2 Å². The summed E-state index contributed by atoms with van der Waals surface area (Å²) in [5.41, 5.74) is 2.54. The molecule has 0 atom stereocenters. The largest absolute Gasteiger partial charge is 0.489 e. The van der Waals surface area contributed by atoms with Crippen LogP contribution < -0.4 is 20.4 Å². The van der Waals surface area contributed by atoms with E-state index < -0.39 is 0 Å². The first-order chi connectivity index (χ1) is 18.6. The summed E-state index contributed by atoms with van der Waals surface area (Å²) >= 11 is 0. The van der Waals surface area contributed by atoms with Crippen molar-refractivity contribution in [2.75, 3.05) is 89.7 Å². The summed E-state index contributed by atoms with van der Waals surface area (Å²) in [5.74, 6) is 0.919. The van der Waals surface area contributed by atoms with Crippen molar-refractivity contribution >= 4 is 28.4 Å².